The Bertz CT molecular complexity index is 1030. The zero-order valence-corrected chi connectivity index (χ0v) is 14.6. The lowest BCUT2D eigenvalue weighted by Crippen LogP contribution is -2.36. The van der Waals surface area contributed by atoms with Gasteiger partial charge >= 0.3 is 11.7 Å². The van der Waals surface area contributed by atoms with Crippen LogP contribution in [0.4, 0.5) is 0 Å². The molecule has 0 aliphatic carbocycles. The highest BCUT2D eigenvalue weighted by Gasteiger charge is 2.42. The second-order valence-corrected chi connectivity index (χ2v) is 6.29. The van der Waals surface area contributed by atoms with Crippen molar-refractivity contribution in [2.75, 3.05) is 6.61 Å². The molecule has 2 aromatic rings. The fourth-order valence-electron chi connectivity index (χ4n) is 2.74. The summed E-state index contributed by atoms with van der Waals surface area (Å²) in [6, 6.07) is 7.38. The molecule has 140 valence electrons. The van der Waals surface area contributed by atoms with Crippen molar-refractivity contribution >= 4 is 17.6 Å². The van der Waals surface area contributed by atoms with E-state index in [0.717, 1.165) is 0 Å². The Kier molecular flexibility index (Phi) is 5.31. The zero-order valence-electron chi connectivity index (χ0n) is 13.9. The Hall–Kier alpha value is -3.07. The van der Waals surface area contributed by atoms with E-state index < -0.39 is 29.2 Å². The fourth-order valence-corrected chi connectivity index (χ4v) is 2.93. The highest BCUT2D eigenvalue weighted by atomic mass is 35.5. The number of halogens is 1. The number of rotatable bonds is 5. The van der Waals surface area contributed by atoms with Gasteiger partial charge in [-0.05, 0) is 36.6 Å². The minimum absolute atomic E-state index is 0.218. The number of esters is 1. The topological polar surface area (TPSA) is 139 Å². The third kappa shape index (κ3) is 4.20. The molecule has 1 aliphatic rings. The lowest BCUT2D eigenvalue weighted by molar-refractivity contribution is -0.0989. The number of ether oxygens (including phenoxy) is 2. The summed E-state index contributed by atoms with van der Waals surface area (Å²) in [6.45, 7) is -0.336. The molecule has 0 bridgehead atoms. The maximum atomic E-state index is 12.2. The first-order valence-electron chi connectivity index (χ1n) is 7.91. The van der Waals surface area contributed by atoms with Crippen molar-refractivity contribution in [2.24, 2.45) is 5.11 Å². The molecule has 1 fully saturated rings. The lowest BCUT2D eigenvalue weighted by Gasteiger charge is -2.24. The van der Waals surface area contributed by atoms with Crippen molar-refractivity contribution in [2.45, 2.75) is 24.8 Å². The van der Waals surface area contributed by atoms with Gasteiger partial charge in [-0.3, -0.25) is 14.3 Å². The van der Waals surface area contributed by atoms with Crippen LogP contribution in [0.1, 0.15) is 29.4 Å². The van der Waals surface area contributed by atoms with E-state index in [0.29, 0.717) is 11.4 Å². The standard InChI is InChI=1S/C16H14ClN5O5/c17-11-3-1-2-10(8-11)14(24)26-9-16(20-21-18)6-4-13(27-16)22-7-5-12(23)19-15(22)25/h1-3,5,7-8,13H,4,6,9H2,(H,19,23,25)/t13-,16?/m1/s1. The molecule has 1 N–H and O–H groups in total. The first kappa shape index (κ1) is 18.7. The largest absolute Gasteiger partial charge is 0.459 e. The quantitative estimate of drug-likeness (QED) is 0.360. The van der Waals surface area contributed by atoms with Crippen LogP contribution in [-0.4, -0.2) is 27.9 Å². The van der Waals surface area contributed by atoms with Crippen LogP contribution in [0.3, 0.4) is 0 Å². The van der Waals surface area contributed by atoms with E-state index in [2.05, 4.69) is 15.0 Å². The Morgan fingerprint density at radius 3 is 3.00 bits per heavy atom. The van der Waals surface area contributed by atoms with Crippen molar-refractivity contribution < 1.29 is 14.3 Å². The van der Waals surface area contributed by atoms with Crippen molar-refractivity contribution in [1.29, 1.82) is 0 Å². The number of nitrogens with one attached hydrogen (secondary N) is 1. The fraction of sp³-hybridized carbons (Fsp3) is 0.312. The van der Waals surface area contributed by atoms with E-state index in [9.17, 15) is 14.4 Å². The average molecular weight is 392 g/mol. The van der Waals surface area contributed by atoms with Gasteiger partial charge in [-0.15, -0.1) is 0 Å². The van der Waals surface area contributed by atoms with Gasteiger partial charge in [-0.2, -0.15) is 0 Å². The van der Waals surface area contributed by atoms with Gasteiger partial charge in [0.05, 0.1) is 5.56 Å². The second-order valence-electron chi connectivity index (χ2n) is 5.85. The van der Waals surface area contributed by atoms with Gasteiger partial charge in [0.2, 0.25) is 0 Å². The third-order valence-electron chi connectivity index (χ3n) is 4.01. The van der Waals surface area contributed by atoms with E-state index in [1.165, 1.54) is 29.0 Å². The molecule has 1 aromatic carbocycles. The van der Waals surface area contributed by atoms with Gasteiger partial charge in [0.25, 0.3) is 5.56 Å². The molecule has 1 saturated heterocycles. The van der Waals surface area contributed by atoms with E-state index in [4.69, 9.17) is 26.6 Å². The number of hydrogen-bond acceptors (Lipinski definition) is 6. The van der Waals surface area contributed by atoms with Crippen LogP contribution in [0, 0.1) is 0 Å². The summed E-state index contributed by atoms with van der Waals surface area (Å²) in [5.74, 6) is -0.654. The van der Waals surface area contributed by atoms with E-state index in [1.54, 1.807) is 12.1 Å². The molecule has 0 spiro atoms. The molecule has 0 saturated carbocycles. The molecule has 3 rings (SSSR count). The van der Waals surface area contributed by atoms with Crippen molar-refractivity contribution in [3.05, 3.63) is 78.4 Å². The number of carbonyl (C=O) groups excluding carboxylic acids is 1. The molecule has 2 heterocycles. The predicted octanol–water partition coefficient (Wildman–Crippen LogP) is 2.36. The van der Waals surface area contributed by atoms with Crippen LogP contribution in [0.2, 0.25) is 5.02 Å². The molecule has 10 nitrogen and oxygen atoms in total. The predicted molar refractivity (Wildman–Crippen MR) is 94.3 cm³/mol. The number of aromatic nitrogens is 2. The smallest absolute Gasteiger partial charge is 0.338 e. The number of aromatic amines is 1. The third-order valence-corrected chi connectivity index (χ3v) is 4.25. The molecule has 1 unspecified atom stereocenters. The van der Waals surface area contributed by atoms with Crippen LogP contribution in [0.15, 0.2) is 51.2 Å². The average Bonchev–Trinajstić information content (AvgIpc) is 3.04. The molecule has 11 heteroatoms. The number of azide groups is 1. The zero-order chi connectivity index (χ0) is 19.4. The van der Waals surface area contributed by atoms with Gasteiger partial charge in [0.15, 0.2) is 5.72 Å². The lowest BCUT2D eigenvalue weighted by atomic mass is 10.1. The molecule has 1 aromatic heterocycles. The Labute approximate surface area is 156 Å². The molecular formula is C16H14ClN5O5. The minimum atomic E-state index is -1.46. The number of nitrogens with zero attached hydrogens (tertiary/aromatic N) is 4. The highest BCUT2D eigenvalue weighted by molar-refractivity contribution is 6.30. The molecule has 1 aliphatic heterocycles. The maximum Gasteiger partial charge on any atom is 0.338 e. The van der Waals surface area contributed by atoms with E-state index >= 15 is 0 Å². The van der Waals surface area contributed by atoms with Gasteiger partial charge in [0, 0.05) is 22.2 Å². The summed E-state index contributed by atoms with van der Waals surface area (Å²) in [7, 11) is 0. The molecular weight excluding hydrogens is 378 g/mol. The number of H-pyrrole nitrogens is 1. The molecule has 0 amide bonds. The van der Waals surface area contributed by atoms with Crippen LogP contribution in [0.5, 0.6) is 0 Å². The highest BCUT2D eigenvalue weighted by Crippen LogP contribution is 2.37. The number of carbonyl (C=O) groups is 1. The van der Waals surface area contributed by atoms with Gasteiger partial charge < -0.3 is 9.47 Å². The molecule has 27 heavy (non-hydrogen) atoms. The summed E-state index contributed by atoms with van der Waals surface area (Å²) in [5.41, 5.74) is 6.46. The van der Waals surface area contributed by atoms with Crippen molar-refractivity contribution in [1.82, 2.24) is 9.55 Å². The van der Waals surface area contributed by atoms with Crippen molar-refractivity contribution in [3.8, 4) is 0 Å². The summed E-state index contributed by atoms with van der Waals surface area (Å²) < 4.78 is 12.1. The van der Waals surface area contributed by atoms with Crippen LogP contribution < -0.4 is 11.2 Å². The van der Waals surface area contributed by atoms with Gasteiger partial charge in [-0.1, -0.05) is 22.8 Å². The minimum Gasteiger partial charge on any atom is -0.459 e. The summed E-state index contributed by atoms with van der Waals surface area (Å²) in [5, 5.41) is 4.01. The Morgan fingerprint density at radius 2 is 2.30 bits per heavy atom. The first-order chi connectivity index (χ1) is 12.9. The second kappa shape index (κ2) is 7.67. The Balaban J connectivity index is 1.75. The molecule has 2 atom stereocenters. The summed E-state index contributed by atoms with van der Waals surface area (Å²) in [6.07, 6.45) is 1.05. The van der Waals surface area contributed by atoms with Gasteiger partial charge in [0.1, 0.15) is 12.8 Å². The maximum absolute atomic E-state index is 12.2. The van der Waals surface area contributed by atoms with Crippen LogP contribution in [0.25, 0.3) is 10.4 Å². The van der Waals surface area contributed by atoms with Crippen LogP contribution in [-0.2, 0) is 9.47 Å². The van der Waals surface area contributed by atoms with Gasteiger partial charge in [-0.25, -0.2) is 9.59 Å². The summed E-state index contributed by atoms with van der Waals surface area (Å²) >= 11 is 5.85. The number of benzene rings is 1. The first-order valence-corrected chi connectivity index (χ1v) is 8.28. The normalized spacial score (nSPS) is 21.4. The molecule has 0 radical (unpaired) electrons. The summed E-state index contributed by atoms with van der Waals surface area (Å²) in [4.78, 5) is 40.1. The van der Waals surface area contributed by atoms with Crippen molar-refractivity contribution in [3.63, 3.8) is 0 Å². The SMILES string of the molecule is [N-]=[N+]=NC1(COC(=O)c2cccc(Cl)c2)CC[C@H](n2ccc(=O)[nH]c2=O)O1. The van der Waals surface area contributed by atoms with E-state index in [-0.39, 0.29) is 18.6 Å². The number of hydrogen-bond donors (Lipinski definition) is 1. The monoisotopic (exact) mass is 391 g/mol. The van der Waals surface area contributed by atoms with Crippen LogP contribution >= 0.6 is 11.6 Å². The van der Waals surface area contributed by atoms with E-state index in [1.807, 2.05) is 0 Å². The Morgan fingerprint density at radius 1 is 1.48 bits per heavy atom.